The van der Waals surface area contributed by atoms with E-state index >= 15 is 0 Å². The van der Waals surface area contributed by atoms with E-state index in [9.17, 15) is 19.2 Å². The molecule has 0 unspecified atom stereocenters. The van der Waals surface area contributed by atoms with Crippen LogP contribution in [0, 0.1) is 29.6 Å². The first kappa shape index (κ1) is 20.5. The van der Waals surface area contributed by atoms with Gasteiger partial charge in [-0.3, -0.25) is 24.1 Å². The number of likely N-dealkylation sites (tertiary alicyclic amines) is 1. The number of nitrogens with zero attached hydrogens (tertiary/aromatic N) is 1. The van der Waals surface area contributed by atoms with Crippen molar-refractivity contribution < 1.29 is 19.5 Å². The van der Waals surface area contributed by atoms with Crippen molar-refractivity contribution in [3.8, 4) is 0 Å². The summed E-state index contributed by atoms with van der Waals surface area (Å²) in [6.45, 7) is -0.0663. The second kappa shape index (κ2) is 7.20. The Bertz CT molecular complexity index is 1210. The second-order valence-corrected chi connectivity index (χ2v) is 11.6. The van der Waals surface area contributed by atoms with E-state index in [1.807, 2.05) is 24.3 Å². The molecule has 1 aromatic heterocycles. The lowest BCUT2D eigenvalue weighted by molar-refractivity contribution is -0.142. The fourth-order valence-electron chi connectivity index (χ4n) is 6.55. The standard InChI is InChI=1S/C22H19ClN2O5S2/c23-9-3-1-8(2-4-9)13-14-10-7-11(17(14)31-19-18(13)32-22(30)24-19)16-15(10)20(28)25(21(16)29)6-5-12(26)27/h1-4,10-11,13-17H,5-7H2,(H,24,30)(H,26,27)/t10-,11-,13-,14+,15-,16+,17-/m1/s1. The largest absolute Gasteiger partial charge is 0.481 e. The van der Waals surface area contributed by atoms with Gasteiger partial charge < -0.3 is 10.1 Å². The molecular weight excluding hydrogens is 472 g/mol. The number of imide groups is 1. The summed E-state index contributed by atoms with van der Waals surface area (Å²) in [6.07, 6.45) is 0.574. The molecule has 7 atom stereocenters. The zero-order valence-electron chi connectivity index (χ0n) is 16.7. The summed E-state index contributed by atoms with van der Waals surface area (Å²) in [5.41, 5.74) is 1.06. The van der Waals surface area contributed by atoms with Crippen LogP contribution in [-0.2, 0) is 14.4 Å². The number of aromatic nitrogens is 1. The average molecular weight is 491 g/mol. The molecule has 32 heavy (non-hydrogen) atoms. The number of carbonyl (C=O) groups is 3. The van der Waals surface area contributed by atoms with Crippen molar-refractivity contribution in [1.29, 1.82) is 0 Å². The van der Waals surface area contributed by atoms with E-state index < -0.39 is 11.9 Å². The van der Waals surface area contributed by atoms with E-state index in [2.05, 4.69) is 4.98 Å². The summed E-state index contributed by atoms with van der Waals surface area (Å²) in [4.78, 5) is 54.7. The molecule has 2 bridgehead atoms. The first-order valence-corrected chi connectivity index (χ1v) is 12.6. The number of amides is 2. The Hall–Kier alpha value is -2.10. The number of aromatic amines is 1. The van der Waals surface area contributed by atoms with E-state index in [1.54, 1.807) is 11.8 Å². The van der Waals surface area contributed by atoms with Crippen LogP contribution in [0.2, 0.25) is 5.02 Å². The summed E-state index contributed by atoms with van der Waals surface area (Å²) >= 11 is 8.98. The van der Waals surface area contributed by atoms with E-state index in [-0.39, 0.29) is 64.5 Å². The number of carboxylic acid groups (broad SMARTS) is 1. The molecule has 0 radical (unpaired) electrons. The first-order chi connectivity index (χ1) is 15.3. The minimum atomic E-state index is -1.02. The number of halogens is 1. The van der Waals surface area contributed by atoms with Crippen LogP contribution >= 0.6 is 34.7 Å². The molecule has 10 heteroatoms. The van der Waals surface area contributed by atoms with Gasteiger partial charge in [-0.25, -0.2) is 0 Å². The van der Waals surface area contributed by atoms with Gasteiger partial charge in [0.25, 0.3) is 0 Å². The first-order valence-electron chi connectivity index (χ1n) is 10.6. The van der Waals surface area contributed by atoms with Crippen LogP contribution in [0.4, 0.5) is 0 Å². The minimum absolute atomic E-state index is 0.0276. The van der Waals surface area contributed by atoms with Crippen molar-refractivity contribution >= 4 is 52.5 Å². The Balaban J connectivity index is 1.41. The van der Waals surface area contributed by atoms with Gasteiger partial charge in [-0.05, 0) is 41.9 Å². The number of carboxylic acids is 1. The maximum absolute atomic E-state index is 13.2. The van der Waals surface area contributed by atoms with Crippen LogP contribution in [-0.4, -0.2) is 44.6 Å². The van der Waals surface area contributed by atoms with Crippen LogP contribution < -0.4 is 4.87 Å². The van der Waals surface area contributed by atoms with Crippen molar-refractivity contribution in [1.82, 2.24) is 9.88 Å². The molecule has 4 aliphatic rings. The molecule has 166 valence electrons. The molecule has 2 amide bonds. The molecule has 1 aromatic carbocycles. The predicted octanol–water partition coefficient (Wildman–Crippen LogP) is 3.04. The van der Waals surface area contributed by atoms with Crippen LogP contribution in [0.15, 0.2) is 34.1 Å². The highest BCUT2D eigenvalue weighted by molar-refractivity contribution is 8.00. The molecule has 3 fully saturated rings. The molecular formula is C22H19ClN2O5S2. The topological polar surface area (TPSA) is 108 Å². The van der Waals surface area contributed by atoms with E-state index in [0.29, 0.717) is 5.02 Å². The van der Waals surface area contributed by atoms with Crippen LogP contribution in [0.3, 0.4) is 0 Å². The smallest absolute Gasteiger partial charge is 0.305 e. The van der Waals surface area contributed by atoms with E-state index in [1.165, 1.54) is 16.2 Å². The molecule has 3 heterocycles. The molecule has 7 nitrogen and oxygen atoms in total. The van der Waals surface area contributed by atoms with Crippen LogP contribution in [0.5, 0.6) is 0 Å². The Kier molecular flexibility index (Phi) is 4.61. The van der Waals surface area contributed by atoms with Crippen LogP contribution in [0.1, 0.15) is 29.2 Å². The number of hydrogen-bond donors (Lipinski definition) is 2. The van der Waals surface area contributed by atoms with E-state index in [0.717, 1.165) is 21.9 Å². The SMILES string of the molecule is O=C(O)CCN1C(=O)[C@@H]2[C@@H]3C[C@@H]([C@H]4Sc5[nH]c(=O)sc5[C@H](c5ccc(Cl)cc5)[C@H]34)[C@@H]2C1=O. The third kappa shape index (κ3) is 2.80. The highest BCUT2D eigenvalue weighted by Gasteiger charge is 2.69. The van der Waals surface area contributed by atoms with Gasteiger partial charge in [-0.1, -0.05) is 35.1 Å². The molecule has 2 aromatic rings. The molecule has 2 saturated carbocycles. The quantitative estimate of drug-likeness (QED) is 0.638. The Labute approximate surface area is 196 Å². The van der Waals surface area contributed by atoms with Gasteiger partial charge in [0.2, 0.25) is 11.8 Å². The van der Waals surface area contributed by atoms with Gasteiger partial charge in [-0.15, -0.1) is 11.8 Å². The van der Waals surface area contributed by atoms with Crippen molar-refractivity contribution in [2.24, 2.45) is 29.6 Å². The fourth-order valence-corrected chi connectivity index (χ4v) is 9.56. The molecule has 2 aliphatic carbocycles. The van der Waals surface area contributed by atoms with Gasteiger partial charge in [0.05, 0.1) is 23.3 Å². The number of H-pyrrole nitrogens is 1. The molecule has 6 rings (SSSR count). The summed E-state index contributed by atoms with van der Waals surface area (Å²) in [5.74, 6) is -2.08. The Morgan fingerprint density at radius 1 is 1.12 bits per heavy atom. The van der Waals surface area contributed by atoms with Gasteiger partial charge in [-0.2, -0.15) is 0 Å². The number of rotatable bonds is 4. The van der Waals surface area contributed by atoms with Gasteiger partial charge in [0, 0.05) is 27.6 Å². The molecule has 2 aliphatic heterocycles. The normalized spacial score (nSPS) is 34.5. The zero-order chi connectivity index (χ0) is 22.3. The van der Waals surface area contributed by atoms with Crippen molar-refractivity contribution in [2.45, 2.75) is 29.0 Å². The Morgan fingerprint density at radius 3 is 2.50 bits per heavy atom. The summed E-state index contributed by atoms with van der Waals surface area (Å²) < 4.78 is 0. The summed E-state index contributed by atoms with van der Waals surface area (Å²) in [5, 5.41) is 10.6. The third-order valence-corrected chi connectivity index (χ3v) is 10.4. The van der Waals surface area contributed by atoms with Crippen molar-refractivity contribution in [2.75, 3.05) is 6.54 Å². The van der Waals surface area contributed by atoms with Crippen LogP contribution in [0.25, 0.3) is 0 Å². The monoisotopic (exact) mass is 490 g/mol. The second-order valence-electron chi connectivity index (χ2n) is 8.98. The number of nitrogens with one attached hydrogen (secondary N) is 1. The number of hydrogen-bond acceptors (Lipinski definition) is 6. The van der Waals surface area contributed by atoms with E-state index in [4.69, 9.17) is 16.7 Å². The third-order valence-electron chi connectivity index (χ3n) is 7.59. The predicted molar refractivity (Wildman–Crippen MR) is 119 cm³/mol. The fraction of sp³-hybridized carbons (Fsp3) is 0.455. The molecule has 1 saturated heterocycles. The summed E-state index contributed by atoms with van der Waals surface area (Å²) in [6, 6.07) is 7.66. The zero-order valence-corrected chi connectivity index (χ0v) is 19.1. The Morgan fingerprint density at radius 2 is 1.81 bits per heavy atom. The van der Waals surface area contributed by atoms with Gasteiger partial charge in [0.1, 0.15) is 0 Å². The summed E-state index contributed by atoms with van der Waals surface area (Å²) in [7, 11) is 0. The number of benzene rings is 1. The molecule has 2 N–H and O–H groups in total. The number of fused-ring (bicyclic) bond motifs is 9. The lowest BCUT2D eigenvalue weighted by Crippen LogP contribution is -2.42. The average Bonchev–Trinajstić information content (AvgIpc) is 3.47. The minimum Gasteiger partial charge on any atom is -0.481 e. The highest BCUT2D eigenvalue weighted by Crippen LogP contribution is 2.68. The maximum Gasteiger partial charge on any atom is 0.305 e. The number of carbonyl (C=O) groups excluding carboxylic acids is 2. The van der Waals surface area contributed by atoms with Crippen molar-refractivity contribution in [3.05, 3.63) is 49.4 Å². The lowest BCUT2D eigenvalue weighted by atomic mass is 9.68. The van der Waals surface area contributed by atoms with Crippen molar-refractivity contribution in [3.63, 3.8) is 0 Å². The number of thiazole rings is 1. The van der Waals surface area contributed by atoms with Gasteiger partial charge >= 0.3 is 10.8 Å². The van der Waals surface area contributed by atoms with Gasteiger partial charge in [0.15, 0.2) is 0 Å². The number of aliphatic carboxylic acids is 1. The number of thioether (sulfide) groups is 1. The lowest BCUT2D eigenvalue weighted by Gasteiger charge is -2.43. The maximum atomic E-state index is 13.2. The molecule has 0 spiro atoms. The highest BCUT2D eigenvalue weighted by atomic mass is 35.5.